The van der Waals surface area contributed by atoms with Crippen LogP contribution in [0.25, 0.3) is 11.5 Å². The lowest BCUT2D eigenvalue weighted by atomic mass is 10.2. The summed E-state index contributed by atoms with van der Waals surface area (Å²) in [6.45, 7) is 3.57. The molecule has 0 aliphatic heterocycles. The first-order valence-electron chi connectivity index (χ1n) is 6.11. The molecule has 0 aliphatic carbocycles. The third-order valence-corrected chi connectivity index (χ3v) is 2.80. The van der Waals surface area contributed by atoms with Gasteiger partial charge in [0.25, 0.3) is 5.89 Å². The summed E-state index contributed by atoms with van der Waals surface area (Å²) in [7, 11) is 1.59. The molecule has 0 fully saturated rings. The molecule has 0 spiro atoms. The van der Waals surface area contributed by atoms with Crippen LogP contribution >= 0.6 is 11.6 Å². The van der Waals surface area contributed by atoms with E-state index in [1.54, 1.807) is 25.3 Å². The van der Waals surface area contributed by atoms with Crippen LogP contribution in [0.1, 0.15) is 19.2 Å². The fourth-order valence-electron chi connectivity index (χ4n) is 1.65. The maximum absolute atomic E-state index is 5.98. The lowest BCUT2D eigenvalue weighted by Gasteiger charge is -2.04. The number of aromatic nitrogens is 2. The second-order valence-corrected chi connectivity index (χ2v) is 4.46. The quantitative estimate of drug-likeness (QED) is 0.825. The van der Waals surface area contributed by atoms with Crippen LogP contribution in [0.4, 0.5) is 0 Å². The summed E-state index contributed by atoms with van der Waals surface area (Å²) < 4.78 is 10.9. The van der Waals surface area contributed by atoms with Gasteiger partial charge in [0.2, 0.25) is 5.89 Å². The predicted molar refractivity (Wildman–Crippen MR) is 73.3 cm³/mol. The molecule has 5 nitrogen and oxygen atoms in total. The van der Waals surface area contributed by atoms with Gasteiger partial charge in [-0.25, -0.2) is 0 Å². The van der Waals surface area contributed by atoms with Crippen LogP contribution in [0.5, 0.6) is 5.75 Å². The third-order valence-electron chi connectivity index (χ3n) is 2.56. The molecule has 0 aliphatic rings. The molecule has 0 radical (unpaired) electrons. The van der Waals surface area contributed by atoms with Crippen LogP contribution in [0, 0.1) is 0 Å². The van der Waals surface area contributed by atoms with E-state index in [1.807, 2.05) is 0 Å². The third kappa shape index (κ3) is 3.45. The minimum absolute atomic E-state index is 0.410. The highest BCUT2D eigenvalue weighted by Crippen LogP contribution is 2.31. The van der Waals surface area contributed by atoms with Crippen molar-refractivity contribution < 1.29 is 9.15 Å². The zero-order valence-electron chi connectivity index (χ0n) is 10.9. The smallest absolute Gasteiger partial charge is 0.251 e. The van der Waals surface area contributed by atoms with Gasteiger partial charge >= 0.3 is 0 Å². The molecular weight excluding hydrogens is 266 g/mol. The monoisotopic (exact) mass is 281 g/mol. The molecule has 19 heavy (non-hydrogen) atoms. The molecule has 1 aromatic heterocycles. The molecular formula is C13H16ClN3O2. The van der Waals surface area contributed by atoms with Crippen molar-refractivity contribution in [2.75, 3.05) is 13.7 Å². The van der Waals surface area contributed by atoms with Gasteiger partial charge in [0.1, 0.15) is 5.75 Å². The van der Waals surface area contributed by atoms with E-state index in [0.29, 0.717) is 34.7 Å². The van der Waals surface area contributed by atoms with Crippen molar-refractivity contribution in [2.45, 2.75) is 19.9 Å². The van der Waals surface area contributed by atoms with E-state index in [2.05, 4.69) is 22.4 Å². The van der Waals surface area contributed by atoms with Crippen molar-refractivity contribution in [1.29, 1.82) is 0 Å². The fraction of sp³-hybridized carbons (Fsp3) is 0.385. The topological polar surface area (TPSA) is 60.2 Å². The molecule has 2 rings (SSSR count). The molecule has 1 aromatic carbocycles. The van der Waals surface area contributed by atoms with Crippen molar-refractivity contribution in [2.24, 2.45) is 0 Å². The summed E-state index contributed by atoms with van der Waals surface area (Å²) in [5.74, 6) is 1.61. The van der Waals surface area contributed by atoms with Gasteiger partial charge in [-0.3, -0.25) is 0 Å². The molecule has 1 N–H and O–H groups in total. The number of nitrogens with one attached hydrogen (secondary N) is 1. The summed E-state index contributed by atoms with van der Waals surface area (Å²) in [6.07, 6.45) is 1.06. The van der Waals surface area contributed by atoms with Crippen molar-refractivity contribution in [1.82, 2.24) is 15.5 Å². The number of hydrogen-bond donors (Lipinski definition) is 1. The summed E-state index contributed by atoms with van der Waals surface area (Å²) >= 11 is 5.98. The fourth-order valence-corrected chi connectivity index (χ4v) is 1.83. The van der Waals surface area contributed by atoms with Crippen molar-refractivity contribution in [3.8, 4) is 17.2 Å². The molecule has 0 amide bonds. The van der Waals surface area contributed by atoms with Crippen LogP contribution in [-0.2, 0) is 6.54 Å². The van der Waals surface area contributed by atoms with E-state index in [0.717, 1.165) is 13.0 Å². The Morgan fingerprint density at radius 2 is 2.21 bits per heavy atom. The number of hydrogen-bond acceptors (Lipinski definition) is 5. The Bertz CT molecular complexity index is 542. The first kappa shape index (κ1) is 13.8. The van der Waals surface area contributed by atoms with E-state index >= 15 is 0 Å². The van der Waals surface area contributed by atoms with Gasteiger partial charge in [-0.1, -0.05) is 18.5 Å². The molecule has 0 atom stereocenters. The zero-order valence-corrected chi connectivity index (χ0v) is 11.7. The van der Waals surface area contributed by atoms with Crippen LogP contribution < -0.4 is 10.1 Å². The van der Waals surface area contributed by atoms with Crippen LogP contribution in [0.15, 0.2) is 22.6 Å². The number of nitrogens with zero attached hydrogens (tertiary/aromatic N) is 2. The van der Waals surface area contributed by atoms with Gasteiger partial charge in [0.15, 0.2) is 0 Å². The van der Waals surface area contributed by atoms with Crippen molar-refractivity contribution >= 4 is 11.6 Å². The normalized spacial score (nSPS) is 10.7. The largest absolute Gasteiger partial charge is 0.496 e. The molecule has 0 saturated carbocycles. The van der Waals surface area contributed by atoms with Gasteiger partial charge in [0, 0.05) is 5.02 Å². The minimum atomic E-state index is 0.410. The summed E-state index contributed by atoms with van der Waals surface area (Å²) in [4.78, 5) is 0. The van der Waals surface area contributed by atoms with E-state index < -0.39 is 0 Å². The second kappa shape index (κ2) is 6.54. The predicted octanol–water partition coefficient (Wildman–Crippen LogP) is 2.90. The van der Waals surface area contributed by atoms with Crippen LogP contribution in [0.3, 0.4) is 0 Å². The van der Waals surface area contributed by atoms with Gasteiger partial charge < -0.3 is 14.5 Å². The Morgan fingerprint density at radius 1 is 1.37 bits per heavy atom. The van der Waals surface area contributed by atoms with Crippen molar-refractivity contribution in [3.63, 3.8) is 0 Å². The number of methoxy groups -OCH3 is 1. The van der Waals surface area contributed by atoms with E-state index in [9.17, 15) is 0 Å². The minimum Gasteiger partial charge on any atom is -0.496 e. The summed E-state index contributed by atoms with van der Waals surface area (Å²) in [5, 5.41) is 11.8. The Kier molecular flexibility index (Phi) is 4.76. The molecule has 1 heterocycles. The van der Waals surface area contributed by atoms with E-state index in [-0.39, 0.29) is 0 Å². The van der Waals surface area contributed by atoms with Gasteiger partial charge in [-0.05, 0) is 31.2 Å². The molecule has 102 valence electrons. The lowest BCUT2D eigenvalue weighted by Crippen LogP contribution is -2.13. The molecule has 6 heteroatoms. The Hall–Kier alpha value is -1.59. The van der Waals surface area contributed by atoms with Gasteiger partial charge in [-0.15, -0.1) is 10.2 Å². The van der Waals surface area contributed by atoms with E-state index in [1.165, 1.54) is 0 Å². The molecule has 0 bridgehead atoms. The number of ether oxygens (including phenoxy) is 1. The van der Waals surface area contributed by atoms with Crippen LogP contribution in [-0.4, -0.2) is 23.9 Å². The number of halogens is 1. The molecule has 0 unspecified atom stereocenters. The van der Waals surface area contributed by atoms with E-state index in [4.69, 9.17) is 20.8 Å². The average Bonchev–Trinajstić information content (AvgIpc) is 2.88. The SMILES string of the molecule is CCCNCc1nnc(-c2cc(Cl)ccc2OC)o1. The van der Waals surface area contributed by atoms with Gasteiger partial charge in [0.05, 0.1) is 19.2 Å². The highest BCUT2D eigenvalue weighted by atomic mass is 35.5. The highest BCUT2D eigenvalue weighted by molar-refractivity contribution is 6.30. The average molecular weight is 282 g/mol. The maximum atomic E-state index is 5.98. The molecule has 0 saturated heterocycles. The standard InChI is InChI=1S/C13H16ClN3O2/c1-3-6-15-8-12-16-17-13(19-12)10-7-9(14)4-5-11(10)18-2/h4-5,7,15H,3,6,8H2,1-2H3. The zero-order chi connectivity index (χ0) is 13.7. The first-order chi connectivity index (χ1) is 9.24. The Labute approximate surface area is 116 Å². The number of benzene rings is 1. The summed E-state index contributed by atoms with van der Waals surface area (Å²) in [5.41, 5.74) is 0.698. The van der Waals surface area contributed by atoms with Crippen LogP contribution in [0.2, 0.25) is 5.02 Å². The van der Waals surface area contributed by atoms with Gasteiger partial charge in [-0.2, -0.15) is 0 Å². The maximum Gasteiger partial charge on any atom is 0.251 e. The first-order valence-corrected chi connectivity index (χ1v) is 6.49. The lowest BCUT2D eigenvalue weighted by molar-refractivity contribution is 0.413. The van der Waals surface area contributed by atoms with Crippen molar-refractivity contribution in [3.05, 3.63) is 29.1 Å². The molecule has 2 aromatic rings. The highest BCUT2D eigenvalue weighted by Gasteiger charge is 2.13. The summed E-state index contributed by atoms with van der Waals surface area (Å²) in [6, 6.07) is 5.28. The Morgan fingerprint density at radius 3 is 2.95 bits per heavy atom. The number of rotatable bonds is 6. The second-order valence-electron chi connectivity index (χ2n) is 4.02. The Balaban J connectivity index is 2.20.